The molecule has 1 amide bonds. The van der Waals surface area contributed by atoms with Gasteiger partial charge in [0.15, 0.2) is 5.16 Å². The van der Waals surface area contributed by atoms with Crippen LogP contribution >= 0.6 is 35.0 Å². The molecule has 0 saturated heterocycles. The number of anilines is 1. The zero-order valence-electron chi connectivity index (χ0n) is 10.8. The van der Waals surface area contributed by atoms with Gasteiger partial charge in [-0.3, -0.25) is 14.6 Å². The number of aryl methyl sites for hydroxylation is 1. The summed E-state index contributed by atoms with van der Waals surface area (Å²) in [4.78, 5) is 25.7. The van der Waals surface area contributed by atoms with Crippen LogP contribution < -0.4 is 10.9 Å². The summed E-state index contributed by atoms with van der Waals surface area (Å²) in [5.41, 5.74) is 0.374. The summed E-state index contributed by atoms with van der Waals surface area (Å²) in [6.07, 6.45) is 0. The maximum atomic E-state index is 11.8. The van der Waals surface area contributed by atoms with E-state index in [4.69, 9.17) is 23.2 Å². The number of rotatable bonds is 4. The van der Waals surface area contributed by atoms with Crippen LogP contribution in [0.3, 0.4) is 0 Å². The first-order valence-electron chi connectivity index (χ1n) is 5.77. The van der Waals surface area contributed by atoms with E-state index in [1.165, 1.54) is 0 Å². The molecule has 0 saturated carbocycles. The van der Waals surface area contributed by atoms with Crippen LogP contribution in [0.15, 0.2) is 28.2 Å². The number of aromatic amines is 1. The second-order valence-corrected chi connectivity index (χ2v) is 5.73. The predicted molar refractivity (Wildman–Crippen MR) is 83.2 cm³/mol. The number of carbonyl (C=O) groups is 1. The Morgan fingerprint density at radius 1 is 1.38 bits per heavy atom. The molecule has 6 nitrogen and oxygen atoms in total. The lowest BCUT2D eigenvalue weighted by Gasteiger charge is -2.07. The van der Waals surface area contributed by atoms with Crippen molar-refractivity contribution >= 4 is 46.6 Å². The van der Waals surface area contributed by atoms with Crippen LogP contribution in [0.25, 0.3) is 0 Å². The SMILES string of the molecule is Cc1nnc(SCC(=O)Nc2cccc(Cl)c2Cl)[nH]c1=O. The molecule has 21 heavy (non-hydrogen) atoms. The first-order chi connectivity index (χ1) is 9.97. The number of halogens is 2. The van der Waals surface area contributed by atoms with Crippen molar-refractivity contribution < 1.29 is 4.79 Å². The summed E-state index contributed by atoms with van der Waals surface area (Å²) < 4.78 is 0. The fourth-order valence-corrected chi connectivity index (χ4v) is 2.32. The van der Waals surface area contributed by atoms with E-state index in [1.54, 1.807) is 25.1 Å². The van der Waals surface area contributed by atoms with Crippen LogP contribution in [0.2, 0.25) is 10.0 Å². The Labute approximate surface area is 134 Å². The number of hydrogen-bond acceptors (Lipinski definition) is 5. The van der Waals surface area contributed by atoms with Crippen molar-refractivity contribution in [1.29, 1.82) is 0 Å². The molecule has 2 rings (SSSR count). The van der Waals surface area contributed by atoms with Crippen LogP contribution in [-0.2, 0) is 4.79 Å². The van der Waals surface area contributed by atoms with Gasteiger partial charge < -0.3 is 5.32 Å². The van der Waals surface area contributed by atoms with Gasteiger partial charge >= 0.3 is 0 Å². The molecule has 110 valence electrons. The molecule has 0 fully saturated rings. The minimum atomic E-state index is -0.328. The molecule has 0 unspecified atom stereocenters. The molecule has 0 atom stereocenters. The lowest BCUT2D eigenvalue weighted by molar-refractivity contribution is -0.113. The summed E-state index contributed by atoms with van der Waals surface area (Å²) in [7, 11) is 0. The van der Waals surface area contributed by atoms with Gasteiger partial charge in [0, 0.05) is 0 Å². The lowest BCUT2D eigenvalue weighted by Crippen LogP contribution is -2.17. The van der Waals surface area contributed by atoms with E-state index < -0.39 is 0 Å². The lowest BCUT2D eigenvalue weighted by atomic mass is 10.3. The molecule has 0 spiro atoms. The Hall–Kier alpha value is -1.57. The van der Waals surface area contributed by atoms with E-state index in [9.17, 15) is 9.59 Å². The molecule has 0 aliphatic rings. The smallest absolute Gasteiger partial charge is 0.273 e. The Morgan fingerprint density at radius 2 is 2.14 bits per heavy atom. The Balaban J connectivity index is 1.97. The highest BCUT2D eigenvalue weighted by Gasteiger charge is 2.10. The fourth-order valence-electron chi connectivity index (χ4n) is 1.36. The van der Waals surface area contributed by atoms with Crippen molar-refractivity contribution in [3.8, 4) is 0 Å². The number of nitrogens with one attached hydrogen (secondary N) is 2. The van der Waals surface area contributed by atoms with Gasteiger partial charge in [0.2, 0.25) is 5.91 Å². The second kappa shape index (κ2) is 6.93. The molecule has 0 aliphatic carbocycles. The Kier molecular flexibility index (Phi) is 5.22. The highest BCUT2D eigenvalue weighted by atomic mass is 35.5. The molecule has 1 aromatic carbocycles. The third-order valence-electron chi connectivity index (χ3n) is 2.41. The topological polar surface area (TPSA) is 87.7 Å². The van der Waals surface area contributed by atoms with Gasteiger partial charge in [-0.2, -0.15) is 0 Å². The van der Waals surface area contributed by atoms with E-state index >= 15 is 0 Å². The van der Waals surface area contributed by atoms with Crippen molar-refractivity contribution in [2.75, 3.05) is 11.1 Å². The van der Waals surface area contributed by atoms with Crippen LogP contribution in [0.1, 0.15) is 5.69 Å². The number of nitrogens with zero attached hydrogens (tertiary/aromatic N) is 2. The summed E-state index contributed by atoms with van der Waals surface area (Å²) in [5.74, 6) is -0.247. The molecule has 0 radical (unpaired) electrons. The number of benzene rings is 1. The number of hydrogen-bond donors (Lipinski definition) is 2. The van der Waals surface area contributed by atoms with E-state index in [-0.39, 0.29) is 33.1 Å². The quantitative estimate of drug-likeness (QED) is 0.832. The first kappa shape index (κ1) is 15.8. The fraction of sp³-hybridized carbons (Fsp3) is 0.167. The average molecular weight is 345 g/mol. The van der Waals surface area contributed by atoms with Gasteiger partial charge in [-0.25, -0.2) is 0 Å². The molecule has 0 bridgehead atoms. The molecular weight excluding hydrogens is 335 g/mol. The van der Waals surface area contributed by atoms with Crippen LogP contribution in [0.4, 0.5) is 5.69 Å². The van der Waals surface area contributed by atoms with Crippen LogP contribution in [-0.4, -0.2) is 26.8 Å². The van der Waals surface area contributed by atoms with Crippen LogP contribution in [0.5, 0.6) is 0 Å². The maximum absolute atomic E-state index is 11.8. The summed E-state index contributed by atoms with van der Waals surface area (Å²) in [5, 5.41) is 11.0. The van der Waals surface area contributed by atoms with Crippen molar-refractivity contribution in [2.45, 2.75) is 12.1 Å². The highest BCUT2D eigenvalue weighted by molar-refractivity contribution is 7.99. The van der Waals surface area contributed by atoms with E-state index in [0.717, 1.165) is 11.8 Å². The molecule has 2 aromatic rings. The molecular formula is C12H10Cl2N4O2S. The molecule has 0 aliphatic heterocycles. The summed E-state index contributed by atoms with van der Waals surface area (Å²) in [6.45, 7) is 1.55. The van der Waals surface area contributed by atoms with E-state index in [0.29, 0.717) is 10.7 Å². The van der Waals surface area contributed by atoms with E-state index in [1.807, 2.05) is 0 Å². The van der Waals surface area contributed by atoms with Gasteiger partial charge in [0.05, 0.1) is 21.5 Å². The third kappa shape index (κ3) is 4.20. The Bertz CT molecular complexity index is 735. The van der Waals surface area contributed by atoms with Crippen LogP contribution in [0, 0.1) is 6.92 Å². The minimum Gasteiger partial charge on any atom is -0.324 e. The average Bonchev–Trinajstić information content (AvgIpc) is 2.45. The number of H-pyrrole nitrogens is 1. The summed E-state index contributed by atoms with van der Waals surface area (Å²) in [6, 6.07) is 4.95. The molecule has 9 heteroatoms. The maximum Gasteiger partial charge on any atom is 0.273 e. The van der Waals surface area contributed by atoms with Gasteiger partial charge in [-0.15, -0.1) is 10.2 Å². The number of aromatic nitrogens is 3. The molecule has 2 N–H and O–H groups in total. The molecule has 1 aromatic heterocycles. The van der Waals surface area contributed by atoms with Gasteiger partial charge in [0.25, 0.3) is 5.56 Å². The van der Waals surface area contributed by atoms with Crippen molar-refractivity contribution in [2.24, 2.45) is 0 Å². The first-order valence-corrected chi connectivity index (χ1v) is 7.52. The number of carbonyl (C=O) groups excluding carboxylic acids is 1. The molecule has 1 heterocycles. The van der Waals surface area contributed by atoms with Gasteiger partial charge in [-0.1, -0.05) is 41.0 Å². The third-order valence-corrected chi connectivity index (χ3v) is 4.09. The second-order valence-electron chi connectivity index (χ2n) is 3.98. The minimum absolute atomic E-state index is 0.0521. The van der Waals surface area contributed by atoms with Crippen molar-refractivity contribution in [3.05, 3.63) is 44.3 Å². The van der Waals surface area contributed by atoms with Crippen molar-refractivity contribution in [1.82, 2.24) is 15.2 Å². The predicted octanol–water partition coefficient (Wildman–Crippen LogP) is 2.51. The standard InChI is InChI=1S/C12H10Cl2N4O2S/c1-6-11(20)16-12(18-17-6)21-5-9(19)15-8-4-2-3-7(13)10(8)14/h2-4H,5H2,1H3,(H,15,19)(H,16,18,20). The normalized spacial score (nSPS) is 10.4. The number of amides is 1. The largest absolute Gasteiger partial charge is 0.324 e. The van der Waals surface area contributed by atoms with Gasteiger partial charge in [0.1, 0.15) is 5.69 Å². The summed E-state index contributed by atoms with van der Waals surface area (Å²) >= 11 is 12.9. The Morgan fingerprint density at radius 3 is 2.86 bits per heavy atom. The van der Waals surface area contributed by atoms with Crippen molar-refractivity contribution in [3.63, 3.8) is 0 Å². The zero-order valence-corrected chi connectivity index (χ0v) is 13.1. The van der Waals surface area contributed by atoms with Gasteiger partial charge in [-0.05, 0) is 19.1 Å². The number of thioether (sulfide) groups is 1. The van der Waals surface area contributed by atoms with E-state index in [2.05, 4.69) is 20.5 Å². The zero-order chi connectivity index (χ0) is 15.4. The monoisotopic (exact) mass is 344 g/mol. The highest BCUT2D eigenvalue weighted by Crippen LogP contribution is 2.29.